The average molecular weight is 393 g/mol. The molecule has 0 spiro atoms. The number of amides is 1. The second kappa shape index (κ2) is 9.44. The number of rotatable bonds is 6. The van der Waals surface area contributed by atoms with Crippen molar-refractivity contribution in [3.63, 3.8) is 0 Å². The molecule has 1 aliphatic heterocycles. The van der Waals surface area contributed by atoms with Gasteiger partial charge in [-0.15, -0.1) is 0 Å². The second-order valence-electron chi connectivity index (χ2n) is 7.17. The summed E-state index contributed by atoms with van der Waals surface area (Å²) in [5.74, 6) is 1.36. The van der Waals surface area contributed by atoms with E-state index in [2.05, 4.69) is 11.0 Å². The normalized spacial score (nSPS) is 15.4. The molecule has 1 heterocycles. The Morgan fingerprint density at radius 2 is 1.76 bits per heavy atom. The van der Waals surface area contributed by atoms with Crippen molar-refractivity contribution in [1.29, 1.82) is 5.26 Å². The van der Waals surface area contributed by atoms with Crippen LogP contribution in [-0.2, 0) is 11.2 Å². The molecule has 3 rings (SSSR count). The van der Waals surface area contributed by atoms with Crippen molar-refractivity contribution in [3.05, 3.63) is 59.2 Å². The zero-order chi connectivity index (χ0) is 20.8. The molecule has 1 aliphatic rings. The van der Waals surface area contributed by atoms with Gasteiger partial charge in [0.15, 0.2) is 11.5 Å². The number of nitrogens with zero attached hydrogens (tertiary/aromatic N) is 3. The minimum atomic E-state index is -0.278. The quantitative estimate of drug-likeness (QED) is 0.755. The van der Waals surface area contributed by atoms with Crippen LogP contribution in [0.4, 0.5) is 0 Å². The Bertz CT molecular complexity index is 898. The van der Waals surface area contributed by atoms with Gasteiger partial charge >= 0.3 is 0 Å². The number of hydrogen-bond donors (Lipinski definition) is 0. The van der Waals surface area contributed by atoms with Gasteiger partial charge in [0, 0.05) is 26.2 Å². The van der Waals surface area contributed by atoms with E-state index in [-0.39, 0.29) is 11.9 Å². The van der Waals surface area contributed by atoms with E-state index in [4.69, 9.17) is 9.47 Å². The molecule has 6 heteroatoms. The van der Waals surface area contributed by atoms with Gasteiger partial charge in [0.05, 0.1) is 26.7 Å². The van der Waals surface area contributed by atoms with Gasteiger partial charge in [-0.3, -0.25) is 9.69 Å². The lowest BCUT2D eigenvalue weighted by molar-refractivity contribution is -0.132. The number of benzene rings is 2. The molecule has 1 unspecified atom stereocenters. The smallest absolute Gasteiger partial charge is 0.227 e. The van der Waals surface area contributed by atoms with Crippen molar-refractivity contribution in [2.75, 3.05) is 40.4 Å². The second-order valence-corrected chi connectivity index (χ2v) is 7.17. The minimum absolute atomic E-state index is 0.0845. The predicted molar refractivity (Wildman–Crippen MR) is 111 cm³/mol. The largest absolute Gasteiger partial charge is 0.493 e. The molecule has 1 amide bonds. The summed E-state index contributed by atoms with van der Waals surface area (Å²) < 4.78 is 10.6. The van der Waals surface area contributed by atoms with E-state index < -0.39 is 0 Å². The van der Waals surface area contributed by atoms with Gasteiger partial charge in [-0.05, 0) is 35.7 Å². The van der Waals surface area contributed by atoms with Gasteiger partial charge in [-0.25, -0.2) is 0 Å². The molecule has 152 valence electrons. The number of methoxy groups -OCH3 is 2. The molecule has 0 aromatic heterocycles. The standard InChI is InChI=1S/C23H27N3O3/c1-17-6-4-5-7-19(17)20(16-24)25-10-12-26(13-11-25)23(27)15-18-8-9-21(28-2)22(14-18)29-3/h4-9,14,20H,10-13,15H2,1-3H3. The van der Waals surface area contributed by atoms with E-state index in [0.717, 1.165) is 16.7 Å². The molecule has 29 heavy (non-hydrogen) atoms. The summed E-state index contributed by atoms with van der Waals surface area (Å²) in [5.41, 5.74) is 3.05. The summed E-state index contributed by atoms with van der Waals surface area (Å²) >= 11 is 0. The molecule has 0 aliphatic carbocycles. The number of aryl methyl sites for hydroxylation is 1. The van der Waals surface area contributed by atoms with Crippen molar-refractivity contribution < 1.29 is 14.3 Å². The number of piperazine rings is 1. The van der Waals surface area contributed by atoms with Crippen molar-refractivity contribution in [2.24, 2.45) is 0 Å². The molecule has 0 bridgehead atoms. The van der Waals surface area contributed by atoms with E-state index >= 15 is 0 Å². The maximum atomic E-state index is 12.8. The highest BCUT2D eigenvalue weighted by Crippen LogP contribution is 2.28. The molecular weight excluding hydrogens is 366 g/mol. The van der Waals surface area contributed by atoms with E-state index in [0.29, 0.717) is 44.1 Å². The lowest BCUT2D eigenvalue weighted by Crippen LogP contribution is -2.50. The molecule has 2 aromatic rings. The van der Waals surface area contributed by atoms with Gasteiger partial charge in [0.2, 0.25) is 5.91 Å². The molecular formula is C23H27N3O3. The highest BCUT2D eigenvalue weighted by Gasteiger charge is 2.27. The lowest BCUT2D eigenvalue weighted by Gasteiger charge is -2.37. The zero-order valence-electron chi connectivity index (χ0n) is 17.2. The van der Waals surface area contributed by atoms with Crippen LogP contribution in [0.2, 0.25) is 0 Å². The van der Waals surface area contributed by atoms with Crippen LogP contribution in [0, 0.1) is 18.3 Å². The Kier molecular flexibility index (Phi) is 6.73. The Morgan fingerprint density at radius 1 is 1.07 bits per heavy atom. The van der Waals surface area contributed by atoms with Crippen LogP contribution in [0.5, 0.6) is 11.5 Å². The van der Waals surface area contributed by atoms with E-state index in [1.54, 1.807) is 14.2 Å². The van der Waals surface area contributed by atoms with Crippen LogP contribution in [0.15, 0.2) is 42.5 Å². The predicted octanol–water partition coefficient (Wildman–Crippen LogP) is 2.96. The van der Waals surface area contributed by atoms with E-state index in [1.807, 2.05) is 54.3 Å². The molecule has 0 saturated carbocycles. The van der Waals surface area contributed by atoms with Crippen molar-refractivity contribution in [3.8, 4) is 17.6 Å². The van der Waals surface area contributed by atoms with Gasteiger partial charge in [-0.1, -0.05) is 30.3 Å². The number of ether oxygens (including phenoxy) is 2. The Hall–Kier alpha value is -3.04. The zero-order valence-corrected chi connectivity index (χ0v) is 17.2. The number of carbonyl (C=O) groups excluding carboxylic acids is 1. The molecule has 6 nitrogen and oxygen atoms in total. The van der Waals surface area contributed by atoms with Gasteiger partial charge < -0.3 is 14.4 Å². The summed E-state index contributed by atoms with van der Waals surface area (Å²) in [6.07, 6.45) is 0.319. The Labute approximate surface area is 172 Å². The average Bonchev–Trinajstić information content (AvgIpc) is 2.76. The molecule has 2 aromatic carbocycles. The maximum absolute atomic E-state index is 12.8. The van der Waals surface area contributed by atoms with Gasteiger partial charge in [0.1, 0.15) is 6.04 Å². The fourth-order valence-electron chi connectivity index (χ4n) is 3.75. The third-order valence-corrected chi connectivity index (χ3v) is 5.44. The minimum Gasteiger partial charge on any atom is -0.493 e. The Morgan fingerprint density at radius 3 is 2.38 bits per heavy atom. The SMILES string of the molecule is COc1ccc(CC(=O)N2CCN(C(C#N)c3ccccc3C)CC2)cc1OC. The van der Waals surface area contributed by atoms with Crippen LogP contribution in [0.3, 0.4) is 0 Å². The first-order valence-electron chi connectivity index (χ1n) is 9.75. The fourth-order valence-corrected chi connectivity index (χ4v) is 3.75. The van der Waals surface area contributed by atoms with Crippen molar-refractivity contribution >= 4 is 5.91 Å². The van der Waals surface area contributed by atoms with E-state index in [1.165, 1.54) is 0 Å². The van der Waals surface area contributed by atoms with Crippen LogP contribution in [0.25, 0.3) is 0 Å². The summed E-state index contributed by atoms with van der Waals surface area (Å²) in [6, 6.07) is 15.7. The topological polar surface area (TPSA) is 65.8 Å². The first kappa shape index (κ1) is 20.7. The summed E-state index contributed by atoms with van der Waals surface area (Å²) in [7, 11) is 3.18. The summed E-state index contributed by atoms with van der Waals surface area (Å²) in [6.45, 7) is 4.64. The summed E-state index contributed by atoms with van der Waals surface area (Å²) in [5, 5.41) is 9.72. The number of nitriles is 1. The lowest BCUT2D eigenvalue weighted by atomic mass is 10.0. The molecule has 1 atom stereocenters. The first-order valence-corrected chi connectivity index (χ1v) is 9.75. The van der Waals surface area contributed by atoms with Crippen LogP contribution >= 0.6 is 0 Å². The highest BCUT2D eigenvalue weighted by atomic mass is 16.5. The van der Waals surface area contributed by atoms with Crippen molar-refractivity contribution in [1.82, 2.24) is 9.80 Å². The molecule has 1 saturated heterocycles. The fraction of sp³-hybridized carbons (Fsp3) is 0.391. The van der Waals surface area contributed by atoms with E-state index in [9.17, 15) is 10.1 Å². The Balaban J connectivity index is 1.61. The van der Waals surface area contributed by atoms with Crippen LogP contribution in [-0.4, -0.2) is 56.1 Å². The summed E-state index contributed by atoms with van der Waals surface area (Å²) in [4.78, 5) is 16.8. The maximum Gasteiger partial charge on any atom is 0.227 e. The monoisotopic (exact) mass is 393 g/mol. The third-order valence-electron chi connectivity index (χ3n) is 5.44. The number of carbonyl (C=O) groups is 1. The van der Waals surface area contributed by atoms with Crippen LogP contribution in [0.1, 0.15) is 22.7 Å². The molecule has 0 N–H and O–H groups in total. The van der Waals surface area contributed by atoms with Gasteiger partial charge in [-0.2, -0.15) is 5.26 Å². The molecule has 1 fully saturated rings. The van der Waals surface area contributed by atoms with Crippen LogP contribution < -0.4 is 9.47 Å². The number of hydrogen-bond acceptors (Lipinski definition) is 5. The van der Waals surface area contributed by atoms with Crippen molar-refractivity contribution in [2.45, 2.75) is 19.4 Å². The first-order chi connectivity index (χ1) is 14.1. The highest BCUT2D eigenvalue weighted by molar-refractivity contribution is 5.79. The molecule has 0 radical (unpaired) electrons. The third kappa shape index (κ3) is 4.69. The van der Waals surface area contributed by atoms with Gasteiger partial charge in [0.25, 0.3) is 0 Å².